The molecule has 3 heterocycles. The van der Waals surface area contributed by atoms with Crippen molar-refractivity contribution in [2.24, 2.45) is 0 Å². The molecule has 4 atom stereocenters. The maximum atomic E-state index is 10.3. The van der Waals surface area contributed by atoms with Gasteiger partial charge in [0.2, 0.25) is 0 Å². The molecule has 2 aromatic rings. The zero-order valence-corrected chi connectivity index (χ0v) is 12.7. The number of aromatic nitrogens is 4. The van der Waals surface area contributed by atoms with Crippen LogP contribution in [0.3, 0.4) is 0 Å². The predicted octanol–water partition coefficient (Wildman–Crippen LogP) is -1.10. The number of rotatable bonds is 3. The molecule has 0 aliphatic carbocycles. The summed E-state index contributed by atoms with van der Waals surface area (Å²) in [5.41, 5.74) is 6.74. The Bertz CT molecular complexity index is 688. The molecule has 0 radical (unpaired) electrons. The summed E-state index contributed by atoms with van der Waals surface area (Å²) in [6.45, 7) is 2.26. The minimum absolute atomic E-state index is 0.268. The lowest BCUT2D eigenvalue weighted by atomic mass is 10.1. The molecule has 0 spiro atoms. The van der Waals surface area contributed by atoms with Crippen molar-refractivity contribution < 1.29 is 14.9 Å². The van der Waals surface area contributed by atoms with Gasteiger partial charge in [0, 0.05) is 6.54 Å². The van der Waals surface area contributed by atoms with Crippen LogP contribution < -0.4 is 5.73 Å². The summed E-state index contributed by atoms with van der Waals surface area (Å²) in [6, 6.07) is 0. The number of anilines is 1. The molecule has 1 saturated heterocycles. The van der Waals surface area contributed by atoms with Gasteiger partial charge >= 0.3 is 0 Å². The molecule has 1 aliphatic heterocycles. The molecule has 1 aliphatic rings. The summed E-state index contributed by atoms with van der Waals surface area (Å²) in [4.78, 5) is 14.3. The Kier molecular flexibility index (Phi) is 3.73. The van der Waals surface area contributed by atoms with E-state index in [1.54, 1.807) is 11.5 Å². The molecule has 2 aromatic heterocycles. The van der Waals surface area contributed by atoms with Crippen LogP contribution in [0.15, 0.2) is 6.33 Å². The first-order chi connectivity index (χ1) is 10.4. The number of aliphatic hydroxyl groups is 2. The number of likely N-dealkylation sites (N-methyl/N-ethyl adjacent to an activating group) is 1. The Morgan fingerprint density at radius 2 is 2.05 bits per heavy atom. The van der Waals surface area contributed by atoms with Crippen molar-refractivity contribution in [1.82, 2.24) is 24.4 Å². The molecule has 3 rings (SSSR count). The first-order valence-corrected chi connectivity index (χ1v) is 7.01. The SMILES string of the molecule is Cc1nc2c(N)ncnc2n1[C@@H]1O[C@H](CN(C)C)C(O)[C@@H]1O. The molecular weight excluding hydrogens is 288 g/mol. The van der Waals surface area contributed by atoms with E-state index in [-0.39, 0.29) is 5.82 Å². The van der Waals surface area contributed by atoms with Gasteiger partial charge in [0.1, 0.15) is 30.5 Å². The van der Waals surface area contributed by atoms with Crippen LogP contribution >= 0.6 is 0 Å². The highest BCUT2D eigenvalue weighted by molar-refractivity contribution is 5.81. The fourth-order valence-corrected chi connectivity index (χ4v) is 2.79. The second-order valence-electron chi connectivity index (χ2n) is 5.77. The number of aliphatic hydroxyl groups excluding tert-OH is 2. The number of imidazole rings is 1. The Labute approximate surface area is 127 Å². The van der Waals surface area contributed by atoms with E-state index in [0.717, 1.165) is 0 Å². The lowest BCUT2D eigenvalue weighted by molar-refractivity contribution is -0.0415. The van der Waals surface area contributed by atoms with E-state index in [0.29, 0.717) is 23.5 Å². The topological polar surface area (TPSA) is 123 Å². The van der Waals surface area contributed by atoms with Crippen molar-refractivity contribution in [3.05, 3.63) is 12.2 Å². The number of hydrogen-bond acceptors (Lipinski definition) is 8. The second-order valence-corrected chi connectivity index (χ2v) is 5.77. The Hall–Kier alpha value is -1.81. The molecule has 1 unspecified atom stereocenters. The van der Waals surface area contributed by atoms with E-state index in [9.17, 15) is 10.2 Å². The smallest absolute Gasteiger partial charge is 0.167 e. The van der Waals surface area contributed by atoms with Gasteiger partial charge in [-0.15, -0.1) is 0 Å². The largest absolute Gasteiger partial charge is 0.387 e. The molecular formula is C13H20N6O3. The summed E-state index contributed by atoms with van der Waals surface area (Å²) in [5.74, 6) is 0.855. The van der Waals surface area contributed by atoms with Gasteiger partial charge in [-0.1, -0.05) is 0 Å². The highest BCUT2D eigenvalue weighted by Crippen LogP contribution is 2.33. The minimum Gasteiger partial charge on any atom is -0.387 e. The monoisotopic (exact) mass is 308 g/mol. The van der Waals surface area contributed by atoms with Gasteiger partial charge in [-0.05, 0) is 21.0 Å². The number of ether oxygens (including phenoxy) is 1. The predicted molar refractivity (Wildman–Crippen MR) is 79.0 cm³/mol. The van der Waals surface area contributed by atoms with Gasteiger partial charge in [-0.25, -0.2) is 15.0 Å². The van der Waals surface area contributed by atoms with Crippen molar-refractivity contribution in [3.8, 4) is 0 Å². The normalized spacial score (nSPS) is 28.8. The van der Waals surface area contributed by atoms with Crippen LogP contribution in [0.4, 0.5) is 5.82 Å². The molecule has 0 amide bonds. The van der Waals surface area contributed by atoms with E-state index in [4.69, 9.17) is 10.5 Å². The summed E-state index contributed by atoms with van der Waals surface area (Å²) in [6.07, 6.45) is -1.98. The van der Waals surface area contributed by atoms with E-state index in [1.807, 2.05) is 19.0 Å². The number of nitrogens with zero attached hydrogens (tertiary/aromatic N) is 5. The van der Waals surface area contributed by atoms with Crippen molar-refractivity contribution in [2.45, 2.75) is 31.5 Å². The summed E-state index contributed by atoms with van der Waals surface area (Å²) in [5, 5.41) is 20.5. The quantitative estimate of drug-likeness (QED) is 0.653. The third kappa shape index (κ3) is 2.31. The summed E-state index contributed by atoms with van der Waals surface area (Å²) < 4.78 is 7.50. The van der Waals surface area contributed by atoms with E-state index < -0.39 is 24.5 Å². The van der Waals surface area contributed by atoms with Crippen molar-refractivity contribution >= 4 is 17.0 Å². The van der Waals surface area contributed by atoms with Gasteiger partial charge in [0.25, 0.3) is 0 Å². The molecule has 1 fully saturated rings. The van der Waals surface area contributed by atoms with Crippen LogP contribution in [0.5, 0.6) is 0 Å². The first kappa shape index (κ1) is 15.1. The van der Waals surface area contributed by atoms with Gasteiger partial charge < -0.3 is 25.6 Å². The molecule has 22 heavy (non-hydrogen) atoms. The highest BCUT2D eigenvalue weighted by atomic mass is 16.6. The fourth-order valence-electron chi connectivity index (χ4n) is 2.79. The third-order valence-electron chi connectivity index (χ3n) is 3.82. The maximum absolute atomic E-state index is 10.3. The van der Waals surface area contributed by atoms with Crippen LogP contribution in [-0.4, -0.2) is 73.6 Å². The standard InChI is InChI=1S/C13H20N6O3/c1-6-17-8-11(14)15-5-16-12(8)19(6)13-10(21)9(20)7(22-13)4-18(2)3/h5,7,9-10,13,20-21H,4H2,1-3H3,(H2,14,15,16)/t7-,9?,10+,13-/m1/s1. The number of aryl methyl sites for hydroxylation is 1. The summed E-state index contributed by atoms with van der Waals surface area (Å²) in [7, 11) is 3.75. The zero-order valence-electron chi connectivity index (χ0n) is 12.7. The molecule has 9 nitrogen and oxygen atoms in total. The molecule has 0 saturated carbocycles. The lowest BCUT2D eigenvalue weighted by Gasteiger charge is -2.19. The molecule has 0 bridgehead atoms. The number of nitrogen functional groups attached to an aromatic ring is 1. The third-order valence-corrected chi connectivity index (χ3v) is 3.82. The highest BCUT2D eigenvalue weighted by Gasteiger charge is 2.44. The van der Waals surface area contributed by atoms with Crippen LogP contribution in [-0.2, 0) is 4.74 Å². The van der Waals surface area contributed by atoms with Crippen LogP contribution in [0.1, 0.15) is 12.1 Å². The van der Waals surface area contributed by atoms with Crippen molar-refractivity contribution in [3.63, 3.8) is 0 Å². The zero-order chi connectivity index (χ0) is 16.0. The molecule has 0 aromatic carbocycles. The van der Waals surface area contributed by atoms with Crippen LogP contribution in [0, 0.1) is 6.92 Å². The lowest BCUT2D eigenvalue weighted by Crippen LogP contribution is -2.37. The number of fused-ring (bicyclic) bond motifs is 1. The van der Waals surface area contributed by atoms with Gasteiger partial charge in [0.15, 0.2) is 23.2 Å². The summed E-state index contributed by atoms with van der Waals surface area (Å²) >= 11 is 0. The Morgan fingerprint density at radius 3 is 2.73 bits per heavy atom. The number of nitrogens with two attached hydrogens (primary N) is 1. The van der Waals surface area contributed by atoms with E-state index >= 15 is 0 Å². The Morgan fingerprint density at radius 1 is 1.32 bits per heavy atom. The second kappa shape index (κ2) is 5.43. The molecule has 120 valence electrons. The Balaban J connectivity index is 2.01. The van der Waals surface area contributed by atoms with Gasteiger partial charge in [-0.3, -0.25) is 4.57 Å². The first-order valence-electron chi connectivity index (χ1n) is 7.01. The van der Waals surface area contributed by atoms with Gasteiger partial charge in [-0.2, -0.15) is 0 Å². The van der Waals surface area contributed by atoms with E-state index in [1.165, 1.54) is 6.33 Å². The molecule has 4 N–H and O–H groups in total. The molecule has 9 heteroatoms. The van der Waals surface area contributed by atoms with Crippen molar-refractivity contribution in [1.29, 1.82) is 0 Å². The number of hydrogen-bond donors (Lipinski definition) is 3. The maximum Gasteiger partial charge on any atom is 0.167 e. The van der Waals surface area contributed by atoms with Crippen molar-refractivity contribution in [2.75, 3.05) is 26.4 Å². The fraction of sp³-hybridized carbons (Fsp3) is 0.615. The van der Waals surface area contributed by atoms with Gasteiger partial charge in [0.05, 0.1) is 0 Å². The average molecular weight is 308 g/mol. The van der Waals surface area contributed by atoms with Crippen LogP contribution in [0.25, 0.3) is 11.2 Å². The van der Waals surface area contributed by atoms with E-state index in [2.05, 4.69) is 15.0 Å². The van der Waals surface area contributed by atoms with Crippen LogP contribution in [0.2, 0.25) is 0 Å². The minimum atomic E-state index is -1.07. The average Bonchev–Trinajstić information content (AvgIpc) is 2.91.